The fourth-order valence-corrected chi connectivity index (χ4v) is 5.46. The van der Waals surface area contributed by atoms with Crippen LogP contribution >= 0.6 is 22.7 Å². The van der Waals surface area contributed by atoms with Crippen molar-refractivity contribution in [3.05, 3.63) is 81.8 Å². The highest BCUT2D eigenvalue weighted by Gasteiger charge is 2.39. The number of hydrogen-bond donors (Lipinski definition) is 1. The fourth-order valence-electron chi connectivity index (χ4n) is 3.80. The highest BCUT2D eigenvalue weighted by atomic mass is 32.1. The van der Waals surface area contributed by atoms with Crippen molar-refractivity contribution in [2.24, 2.45) is 0 Å². The minimum atomic E-state index is -0.676. The Morgan fingerprint density at radius 2 is 2.03 bits per heavy atom. The number of benzene rings is 2. The number of nitrogens with zero attached hydrogens (tertiary/aromatic N) is 2. The molecule has 0 saturated carbocycles. The van der Waals surface area contributed by atoms with Crippen LogP contribution in [-0.2, 0) is 4.84 Å². The molecule has 1 aliphatic heterocycles. The van der Waals surface area contributed by atoms with Crippen LogP contribution in [0.15, 0.2) is 70.6 Å². The van der Waals surface area contributed by atoms with Crippen LogP contribution in [0.5, 0.6) is 11.5 Å². The zero-order valence-corrected chi connectivity index (χ0v) is 19.5. The predicted molar refractivity (Wildman–Crippen MR) is 129 cm³/mol. The summed E-state index contributed by atoms with van der Waals surface area (Å²) < 4.78 is 11.7. The molecule has 1 aliphatic rings. The van der Waals surface area contributed by atoms with Crippen LogP contribution in [0.25, 0.3) is 10.2 Å². The first kappa shape index (κ1) is 21.4. The number of carbonyl (C=O) groups excluding carboxylic acids is 1. The van der Waals surface area contributed by atoms with Crippen LogP contribution in [0.4, 0.5) is 5.13 Å². The molecule has 2 aromatic heterocycles. The van der Waals surface area contributed by atoms with Gasteiger partial charge in [-0.2, -0.15) is 11.3 Å². The van der Waals surface area contributed by atoms with Gasteiger partial charge in [0.05, 0.1) is 35.6 Å². The average Bonchev–Trinajstić information content (AvgIpc) is 3.53. The maximum atomic E-state index is 13.7. The highest BCUT2D eigenvalue weighted by molar-refractivity contribution is 7.22. The molecule has 1 atom stereocenters. The molecule has 2 aromatic carbocycles. The summed E-state index contributed by atoms with van der Waals surface area (Å²) in [5.74, 6) is 0.742. The zero-order chi connectivity index (χ0) is 22.9. The Hall–Kier alpha value is -3.40. The number of hydroxylamine groups is 1. The minimum absolute atomic E-state index is 0.110. The van der Waals surface area contributed by atoms with Crippen LogP contribution in [0.2, 0.25) is 0 Å². The molecule has 0 radical (unpaired) electrons. The summed E-state index contributed by atoms with van der Waals surface area (Å²) in [6.07, 6.45) is 0. The number of para-hydroxylation sites is 1. The van der Waals surface area contributed by atoms with Gasteiger partial charge < -0.3 is 14.6 Å². The molecule has 0 saturated heterocycles. The number of thiazole rings is 1. The second-order valence-electron chi connectivity index (χ2n) is 7.28. The van der Waals surface area contributed by atoms with Crippen LogP contribution in [0.3, 0.4) is 0 Å². The van der Waals surface area contributed by atoms with E-state index in [1.807, 2.05) is 35.0 Å². The number of fused-ring (bicyclic) bond motifs is 1. The van der Waals surface area contributed by atoms with E-state index in [9.17, 15) is 9.90 Å². The lowest BCUT2D eigenvalue weighted by Crippen LogP contribution is -2.38. The van der Waals surface area contributed by atoms with Gasteiger partial charge in [-0.25, -0.2) is 10.0 Å². The van der Waals surface area contributed by atoms with Gasteiger partial charge in [-0.1, -0.05) is 23.5 Å². The van der Waals surface area contributed by atoms with Gasteiger partial charge in [0.25, 0.3) is 0 Å². The summed E-state index contributed by atoms with van der Waals surface area (Å²) in [4.78, 5) is 24.4. The molecular formula is C24H20N2O5S2. The van der Waals surface area contributed by atoms with Crippen molar-refractivity contribution in [1.82, 2.24) is 4.98 Å². The molecule has 168 valence electrons. The molecule has 3 heterocycles. The minimum Gasteiger partial charge on any atom is -0.509 e. The third kappa shape index (κ3) is 3.84. The van der Waals surface area contributed by atoms with E-state index in [1.54, 1.807) is 36.4 Å². The van der Waals surface area contributed by atoms with Crippen molar-refractivity contribution in [2.75, 3.05) is 25.9 Å². The molecule has 1 N–H and O–H groups in total. The van der Waals surface area contributed by atoms with Crippen molar-refractivity contribution < 1.29 is 24.2 Å². The Labute approximate surface area is 198 Å². The van der Waals surface area contributed by atoms with Crippen LogP contribution in [0.1, 0.15) is 22.0 Å². The topological polar surface area (TPSA) is 81.1 Å². The SMILES string of the molecule is COc1ccc2nc(N3OCC(O)=C(C(=O)c4ccccc4OC)C3c3ccsc3)sc2c1. The summed E-state index contributed by atoms with van der Waals surface area (Å²) in [6, 6.07) is 13.9. The number of anilines is 1. The molecule has 0 bridgehead atoms. The first-order valence-corrected chi connectivity index (χ1v) is 11.8. The number of hydrogen-bond acceptors (Lipinski definition) is 9. The molecular weight excluding hydrogens is 460 g/mol. The second-order valence-corrected chi connectivity index (χ2v) is 9.07. The summed E-state index contributed by atoms with van der Waals surface area (Å²) in [5, 5.41) is 16.9. The lowest BCUT2D eigenvalue weighted by atomic mass is 9.91. The van der Waals surface area contributed by atoms with E-state index < -0.39 is 6.04 Å². The smallest absolute Gasteiger partial charge is 0.211 e. The van der Waals surface area contributed by atoms with Crippen molar-refractivity contribution >= 4 is 43.8 Å². The maximum Gasteiger partial charge on any atom is 0.211 e. The lowest BCUT2D eigenvalue weighted by molar-refractivity contribution is 0.0649. The van der Waals surface area contributed by atoms with Crippen LogP contribution < -0.4 is 14.5 Å². The average molecular weight is 481 g/mol. The zero-order valence-electron chi connectivity index (χ0n) is 17.8. The van der Waals surface area contributed by atoms with Crippen LogP contribution in [0, 0.1) is 0 Å². The van der Waals surface area contributed by atoms with Gasteiger partial charge in [-0.05, 0) is 52.7 Å². The largest absolute Gasteiger partial charge is 0.509 e. The standard InChI is InChI=1S/C24H20N2O5S2/c1-29-15-7-8-17-20(11-15)33-24(25-17)26-22(14-9-10-32-13-14)21(18(27)12-31-26)23(28)16-5-3-4-6-19(16)30-2/h3-11,13,22,27H,12H2,1-2H3. The number of thiophene rings is 1. The molecule has 4 aromatic rings. The number of aliphatic hydroxyl groups is 1. The Kier molecular flexibility index (Phi) is 5.76. The number of rotatable bonds is 6. The van der Waals surface area contributed by atoms with Crippen molar-refractivity contribution in [2.45, 2.75) is 6.04 Å². The van der Waals surface area contributed by atoms with Gasteiger partial charge in [0.2, 0.25) is 5.13 Å². The van der Waals surface area contributed by atoms with E-state index in [2.05, 4.69) is 0 Å². The molecule has 7 nitrogen and oxygen atoms in total. The first-order valence-electron chi connectivity index (χ1n) is 10.1. The number of ketones is 1. The van der Waals surface area contributed by atoms with Gasteiger partial charge >= 0.3 is 0 Å². The van der Waals surface area contributed by atoms with Gasteiger partial charge in [-0.15, -0.1) is 0 Å². The van der Waals surface area contributed by atoms with Crippen LogP contribution in [-0.4, -0.2) is 36.7 Å². The number of aromatic nitrogens is 1. The van der Waals surface area contributed by atoms with Gasteiger partial charge in [0, 0.05) is 0 Å². The van der Waals surface area contributed by atoms with Crippen molar-refractivity contribution in [1.29, 1.82) is 0 Å². The molecule has 0 aliphatic carbocycles. The number of ether oxygens (including phenoxy) is 2. The van der Waals surface area contributed by atoms with E-state index in [-0.39, 0.29) is 23.7 Å². The Balaban J connectivity index is 1.63. The highest BCUT2D eigenvalue weighted by Crippen LogP contribution is 2.43. The molecule has 33 heavy (non-hydrogen) atoms. The van der Waals surface area contributed by atoms with Crippen molar-refractivity contribution in [3.8, 4) is 11.5 Å². The van der Waals surface area contributed by atoms with Crippen molar-refractivity contribution in [3.63, 3.8) is 0 Å². The van der Waals surface area contributed by atoms with Gasteiger partial charge in [0.15, 0.2) is 5.78 Å². The Morgan fingerprint density at radius 3 is 2.79 bits per heavy atom. The molecule has 0 spiro atoms. The summed E-state index contributed by atoms with van der Waals surface area (Å²) in [7, 11) is 3.13. The summed E-state index contributed by atoms with van der Waals surface area (Å²) in [5.41, 5.74) is 2.22. The molecule has 0 fully saturated rings. The second kappa shape index (κ2) is 8.86. The predicted octanol–water partition coefficient (Wildman–Crippen LogP) is 5.56. The Bertz CT molecular complexity index is 1350. The normalized spacial score (nSPS) is 16.3. The van der Waals surface area contributed by atoms with E-state index in [4.69, 9.17) is 19.3 Å². The van der Waals surface area contributed by atoms with E-state index in [0.29, 0.717) is 16.4 Å². The number of aliphatic hydroxyl groups excluding tert-OH is 1. The number of Topliss-reactive ketones (excluding diaryl/α,β-unsaturated/α-hetero) is 1. The molecule has 1 unspecified atom stereocenters. The maximum absolute atomic E-state index is 13.7. The number of carbonyl (C=O) groups is 1. The van der Waals surface area contributed by atoms with E-state index in [0.717, 1.165) is 21.5 Å². The molecule has 9 heteroatoms. The molecule has 0 amide bonds. The van der Waals surface area contributed by atoms with E-state index in [1.165, 1.54) is 29.8 Å². The monoisotopic (exact) mass is 480 g/mol. The fraction of sp³-hybridized carbons (Fsp3) is 0.167. The third-order valence-electron chi connectivity index (χ3n) is 5.39. The quantitative estimate of drug-likeness (QED) is 0.362. The van der Waals surface area contributed by atoms with Gasteiger partial charge in [0.1, 0.15) is 29.9 Å². The summed E-state index contributed by atoms with van der Waals surface area (Å²) in [6.45, 7) is -0.143. The summed E-state index contributed by atoms with van der Waals surface area (Å²) >= 11 is 2.93. The number of methoxy groups -OCH3 is 2. The Morgan fingerprint density at radius 1 is 1.18 bits per heavy atom. The van der Waals surface area contributed by atoms with Gasteiger partial charge in [-0.3, -0.25) is 9.63 Å². The lowest BCUT2D eigenvalue weighted by Gasteiger charge is -2.35. The molecule has 5 rings (SSSR count). The van der Waals surface area contributed by atoms with E-state index >= 15 is 0 Å². The first-order chi connectivity index (χ1) is 16.1. The third-order valence-corrected chi connectivity index (χ3v) is 7.09.